The van der Waals surface area contributed by atoms with E-state index >= 15 is 0 Å². The molecule has 0 aliphatic heterocycles. The molecule has 0 saturated heterocycles. The van der Waals surface area contributed by atoms with E-state index in [4.69, 9.17) is 0 Å². The summed E-state index contributed by atoms with van der Waals surface area (Å²) in [4.78, 5) is 0. The summed E-state index contributed by atoms with van der Waals surface area (Å²) >= 11 is 0. The Labute approximate surface area is 107 Å². The van der Waals surface area contributed by atoms with Crippen molar-refractivity contribution in [2.75, 3.05) is 13.2 Å². The predicted octanol–water partition coefficient (Wildman–Crippen LogP) is 2.14. The van der Waals surface area contributed by atoms with E-state index in [1.165, 1.54) is 0 Å². The minimum absolute atomic E-state index is 0.0210. The summed E-state index contributed by atoms with van der Waals surface area (Å²) in [5, 5.41) is 28.6. The lowest BCUT2D eigenvalue weighted by atomic mass is 9.77. The van der Waals surface area contributed by atoms with Crippen molar-refractivity contribution in [1.29, 1.82) is 0 Å². The summed E-state index contributed by atoms with van der Waals surface area (Å²) in [5.74, 6) is 0.138. The number of hydrogen-bond acceptors (Lipinski definition) is 3. The van der Waals surface area contributed by atoms with Gasteiger partial charge in [-0.1, -0.05) is 43.3 Å². The minimum Gasteiger partial charge on any atom is -0.508 e. The Balaban J connectivity index is 2.43. The van der Waals surface area contributed by atoms with Crippen molar-refractivity contribution in [3.8, 4) is 0 Å². The van der Waals surface area contributed by atoms with Crippen molar-refractivity contribution < 1.29 is 15.3 Å². The van der Waals surface area contributed by atoms with Crippen LogP contribution in [0.15, 0.2) is 53.3 Å². The molecule has 18 heavy (non-hydrogen) atoms. The van der Waals surface area contributed by atoms with Crippen molar-refractivity contribution in [2.45, 2.75) is 12.8 Å². The van der Waals surface area contributed by atoms with Crippen molar-refractivity contribution in [1.82, 2.24) is 0 Å². The molecule has 0 bridgehead atoms. The van der Waals surface area contributed by atoms with Crippen LogP contribution in [-0.2, 0) is 0 Å². The molecule has 1 aliphatic rings. The van der Waals surface area contributed by atoms with Gasteiger partial charge in [0.05, 0.1) is 13.2 Å². The first-order valence-corrected chi connectivity index (χ1v) is 6.08. The normalized spacial score (nSPS) is 24.1. The maximum Gasteiger partial charge on any atom is 0.122 e. The number of rotatable bonds is 3. The molecule has 3 heteroatoms. The predicted molar refractivity (Wildman–Crippen MR) is 70.3 cm³/mol. The SMILES string of the molecule is CC1C(CO)=C(O)C(CO)=CC1c1ccccc1. The Hall–Kier alpha value is -1.58. The van der Waals surface area contributed by atoms with Crippen LogP contribution >= 0.6 is 0 Å². The van der Waals surface area contributed by atoms with Crippen LogP contribution < -0.4 is 0 Å². The number of hydrogen-bond donors (Lipinski definition) is 3. The quantitative estimate of drug-likeness (QED) is 0.765. The Kier molecular flexibility index (Phi) is 3.84. The van der Waals surface area contributed by atoms with Crippen molar-refractivity contribution in [2.24, 2.45) is 5.92 Å². The van der Waals surface area contributed by atoms with Crippen LogP contribution in [0.5, 0.6) is 0 Å². The van der Waals surface area contributed by atoms with E-state index in [9.17, 15) is 15.3 Å². The Morgan fingerprint density at radius 2 is 1.72 bits per heavy atom. The number of aliphatic hydroxyl groups excluding tert-OH is 3. The van der Waals surface area contributed by atoms with Crippen LogP contribution in [0.1, 0.15) is 18.4 Å². The molecule has 0 saturated carbocycles. The second kappa shape index (κ2) is 5.38. The third-order valence-electron chi connectivity index (χ3n) is 3.60. The monoisotopic (exact) mass is 246 g/mol. The van der Waals surface area contributed by atoms with Gasteiger partial charge in [0, 0.05) is 17.1 Å². The first-order valence-electron chi connectivity index (χ1n) is 6.08. The second-order valence-corrected chi connectivity index (χ2v) is 4.61. The molecule has 0 radical (unpaired) electrons. The van der Waals surface area contributed by atoms with Gasteiger partial charge in [0.25, 0.3) is 0 Å². The zero-order valence-electron chi connectivity index (χ0n) is 10.4. The molecule has 2 atom stereocenters. The largest absolute Gasteiger partial charge is 0.508 e. The molecule has 2 unspecified atom stereocenters. The number of aliphatic hydroxyl groups is 3. The highest BCUT2D eigenvalue weighted by atomic mass is 16.3. The van der Waals surface area contributed by atoms with Gasteiger partial charge < -0.3 is 15.3 Å². The Morgan fingerprint density at radius 1 is 1.06 bits per heavy atom. The Bertz CT molecular complexity index is 474. The molecule has 1 aliphatic carbocycles. The molecular formula is C15H18O3. The van der Waals surface area contributed by atoms with Crippen LogP contribution in [0.2, 0.25) is 0 Å². The summed E-state index contributed by atoms with van der Waals surface area (Å²) in [5.41, 5.74) is 2.20. The van der Waals surface area contributed by atoms with E-state index in [1.54, 1.807) is 0 Å². The minimum atomic E-state index is -0.217. The summed E-state index contributed by atoms with van der Waals surface area (Å²) in [6.45, 7) is 1.57. The summed E-state index contributed by atoms with van der Waals surface area (Å²) in [6, 6.07) is 9.92. The lowest BCUT2D eigenvalue weighted by Crippen LogP contribution is -2.21. The standard InChI is InChI=1S/C15H18O3/c1-10-13(11-5-3-2-4-6-11)7-12(8-16)15(18)14(10)9-17/h2-7,10,13,16-18H,8-9H2,1H3. The average molecular weight is 246 g/mol. The highest BCUT2D eigenvalue weighted by Gasteiger charge is 2.29. The molecular weight excluding hydrogens is 228 g/mol. The van der Waals surface area contributed by atoms with Crippen LogP contribution in [0, 0.1) is 5.92 Å². The van der Waals surface area contributed by atoms with E-state index in [1.807, 2.05) is 43.3 Å². The maximum absolute atomic E-state index is 9.96. The van der Waals surface area contributed by atoms with Gasteiger partial charge in [-0.3, -0.25) is 0 Å². The molecule has 0 heterocycles. The van der Waals surface area contributed by atoms with Gasteiger partial charge in [-0.05, 0) is 11.5 Å². The van der Waals surface area contributed by atoms with Gasteiger partial charge in [-0.25, -0.2) is 0 Å². The lowest BCUT2D eigenvalue weighted by Gasteiger charge is -2.29. The maximum atomic E-state index is 9.96. The fraction of sp³-hybridized carbons (Fsp3) is 0.333. The highest BCUT2D eigenvalue weighted by Crippen LogP contribution is 2.38. The van der Waals surface area contributed by atoms with E-state index in [0.29, 0.717) is 11.1 Å². The third kappa shape index (κ3) is 2.19. The van der Waals surface area contributed by atoms with E-state index in [2.05, 4.69) is 0 Å². The van der Waals surface area contributed by atoms with Gasteiger partial charge in [0.1, 0.15) is 5.76 Å². The fourth-order valence-corrected chi connectivity index (χ4v) is 2.49. The smallest absolute Gasteiger partial charge is 0.122 e. The lowest BCUT2D eigenvalue weighted by molar-refractivity contribution is 0.275. The van der Waals surface area contributed by atoms with Crippen LogP contribution in [0.3, 0.4) is 0 Å². The molecule has 0 amide bonds. The zero-order chi connectivity index (χ0) is 13.1. The van der Waals surface area contributed by atoms with Gasteiger partial charge in [-0.2, -0.15) is 0 Å². The van der Waals surface area contributed by atoms with Crippen LogP contribution in [0.25, 0.3) is 0 Å². The Morgan fingerprint density at radius 3 is 2.28 bits per heavy atom. The molecule has 1 aromatic carbocycles. The second-order valence-electron chi connectivity index (χ2n) is 4.61. The van der Waals surface area contributed by atoms with Crippen molar-refractivity contribution in [3.63, 3.8) is 0 Å². The van der Waals surface area contributed by atoms with E-state index in [0.717, 1.165) is 5.56 Å². The van der Waals surface area contributed by atoms with E-state index < -0.39 is 0 Å². The third-order valence-corrected chi connectivity index (χ3v) is 3.60. The zero-order valence-corrected chi connectivity index (χ0v) is 10.4. The van der Waals surface area contributed by atoms with Crippen LogP contribution in [0.4, 0.5) is 0 Å². The van der Waals surface area contributed by atoms with Crippen LogP contribution in [-0.4, -0.2) is 28.5 Å². The fourth-order valence-electron chi connectivity index (χ4n) is 2.49. The molecule has 1 aromatic rings. The van der Waals surface area contributed by atoms with Gasteiger partial charge >= 0.3 is 0 Å². The number of benzene rings is 1. The molecule has 2 rings (SSSR count). The molecule has 0 fully saturated rings. The molecule has 0 spiro atoms. The molecule has 96 valence electrons. The highest BCUT2D eigenvalue weighted by molar-refractivity contribution is 5.42. The summed E-state index contributed by atoms with van der Waals surface area (Å²) in [7, 11) is 0. The first kappa shape index (κ1) is 12.9. The topological polar surface area (TPSA) is 60.7 Å². The number of allylic oxidation sites excluding steroid dienone is 1. The molecule has 3 nitrogen and oxygen atoms in total. The summed E-state index contributed by atoms with van der Waals surface area (Å²) < 4.78 is 0. The van der Waals surface area contributed by atoms with Gasteiger partial charge in [-0.15, -0.1) is 0 Å². The molecule has 0 aromatic heterocycles. The van der Waals surface area contributed by atoms with Crippen molar-refractivity contribution >= 4 is 0 Å². The van der Waals surface area contributed by atoms with E-state index in [-0.39, 0.29) is 30.8 Å². The van der Waals surface area contributed by atoms with Gasteiger partial charge in [0.2, 0.25) is 0 Å². The summed E-state index contributed by atoms with van der Waals surface area (Å²) in [6.07, 6.45) is 1.88. The first-order chi connectivity index (χ1) is 8.69. The van der Waals surface area contributed by atoms with Gasteiger partial charge in [0.15, 0.2) is 0 Å². The molecule has 3 N–H and O–H groups in total. The average Bonchev–Trinajstić information content (AvgIpc) is 2.41. The van der Waals surface area contributed by atoms with Crippen molar-refractivity contribution in [3.05, 3.63) is 58.9 Å².